The number of nitrogens with zero attached hydrogens (tertiary/aromatic N) is 3. The Hall–Kier alpha value is 0.533. The van der Waals surface area contributed by atoms with Gasteiger partial charge in [0.1, 0.15) is 0 Å². The quantitative estimate of drug-likeness (QED) is 0.244. The van der Waals surface area contributed by atoms with Crippen molar-refractivity contribution in [2.24, 2.45) is 0 Å². The topological polar surface area (TPSA) is 177 Å². The predicted molar refractivity (Wildman–Crippen MR) is 232 cm³/mol. The zero-order valence-electron chi connectivity index (χ0n) is 34.0. The molecule has 3 saturated heterocycles. The van der Waals surface area contributed by atoms with Crippen LogP contribution in [0.1, 0.15) is 19.3 Å². The Morgan fingerprint density at radius 1 is 0.370 bits per heavy atom. The summed E-state index contributed by atoms with van der Waals surface area (Å²) in [6.07, 6.45) is 1.35. The van der Waals surface area contributed by atoms with E-state index < -0.39 is 126 Å². The molecule has 0 bridgehead atoms. The van der Waals surface area contributed by atoms with Crippen LogP contribution in [0.4, 0.5) is 0 Å². The summed E-state index contributed by atoms with van der Waals surface area (Å²) in [7, 11) is -25.3. The first-order chi connectivity index (χ1) is 25.2. The van der Waals surface area contributed by atoms with Crippen molar-refractivity contribution < 1.29 is 49.4 Å². The molecule has 3 fully saturated rings. The standard InChI is InChI=1S/C24H63N3O15Si12/c1-43-31-46(4)37-52(10,38-47(5)32-43)19-13-16-25-22(28)26(17-14-20-53(11)39-48(6)33-44(2)34-49(7)40-53)24(30)27(23(25)29)18-15-21-54(12)41-50(8)35-45(3)36-51(9)42-54/h43-51H,13-21H2,1-12H3. The molecule has 54 heavy (non-hydrogen) atoms. The van der Waals surface area contributed by atoms with Gasteiger partial charge in [0, 0.05) is 19.6 Å². The number of rotatable bonds is 12. The summed E-state index contributed by atoms with van der Waals surface area (Å²) < 4.78 is 78.6. The second-order valence-corrected chi connectivity index (χ2v) is 45.4. The molecule has 18 nitrogen and oxygen atoms in total. The molecule has 0 aromatic carbocycles. The van der Waals surface area contributed by atoms with E-state index in [0.29, 0.717) is 37.4 Å². The van der Waals surface area contributed by atoms with Crippen molar-refractivity contribution >= 4 is 109 Å². The largest absolute Gasteiger partial charge is 0.420 e. The highest BCUT2D eigenvalue weighted by Crippen LogP contribution is 2.24. The molecule has 4 rings (SSSR count). The molecule has 312 valence electrons. The molecule has 0 N–H and O–H groups in total. The smallest absolute Gasteiger partial charge is 0.336 e. The maximum Gasteiger partial charge on any atom is 0.336 e. The summed E-state index contributed by atoms with van der Waals surface area (Å²) in [5.74, 6) is 0. The maximum absolute atomic E-state index is 14.0. The van der Waals surface area contributed by atoms with Crippen LogP contribution in [0.3, 0.4) is 0 Å². The lowest BCUT2D eigenvalue weighted by molar-refractivity contribution is 0.271. The van der Waals surface area contributed by atoms with Gasteiger partial charge in [-0.3, -0.25) is 0 Å². The molecular formula is C24H63N3O15Si12. The van der Waals surface area contributed by atoms with Crippen molar-refractivity contribution in [2.45, 2.75) is 136 Å². The minimum atomic E-state index is -2.71. The first-order valence-electron chi connectivity index (χ1n) is 19.1. The van der Waals surface area contributed by atoms with Crippen LogP contribution in [0.5, 0.6) is 0 Å². The van der Waals surface area contributed by atoms with Crippen molar-refractivity contribution in [1.82, 2.24) is 13.7 Å². The fourth-order valence-corrected chi connectivity index (χ4v) is 51.4. The minimum Gasteiger partial charge on any atom is -0.420 e. The van der Waals surface area contributed by atoms with Crippen molar-refractivity contribution in [3.63, 3.8) is 0 Å². The van der Waals surface area contributed by atoms with E-state index in [4.69, 9.17) is 49.4 Å². The second kappa shape index (κ2) is 20.7. The van der Waals surface area contributed by atoms with Crippen molar-refractivity contribution in [3.05, 3.63) is 31.5 Å². The van der Waals surface area contributed by atoms with Crippen molar-refractivity contribution in [2.75, 3.05) is 0 Å². The van der Waals surface area contributed by atoms with E-state index in [1.54, 1.807) is 0 Å². The van der Waals surface area contributed by atoms with Crippen LogP contribution in [0.15, 0.2) is 14.4 Å². The molecule has 1 aromatic rings. The summed E-state index contributed by atoms with van der Waals surface area (Å²) in [6.45, 7) is 24.1. The molecular weight excluding hydrogens is 907 g/mol. The van der Waals surface area contributed by atoms with E-state index in [-0.39, 0.29) is 19.6 Å². The van der Waals surface area contributed by atoms with Gasteiger partial charge in [-0.15, -0.1) is 0 Å². The Labute approximate surface area is 337 Å². The van der Waals surface area contributed by atoms with Gasteiger partial charge in [-0.2, -0.15) is 0 Å². The van der Waals surface area contributed by atoms with Gasteiger partial charge in [0.15, 0.2) is 0 Å². The molecule has 3 aliphatic heterocycles. The molecule has 4 heterocycles. The molecule has 3 aliphatic rings. The third-order valence-corrected chi connectivity index (χ3v) is 51.3. The molecule has 6 unspecified atom stereocenters. The maximum atomic E-state index is 14.0. The summed E-state index contributed by atoms with van der Waals surface area (Å²) >= 11 is 0. The minimum absolute atomic E-state index is 0.106. The average molecular weight is 971 g/mol. The summed E-state index contributed by atoms with van der Waals surface area (Å²) in [6, 6.07) is 1.62. The van der Waals surface area contributed by atoms with Crippen molar-refractivity contribution in [1.29, 1.82) is 0 Å². The molecule has 30 heteroatoms. The van der Waals surface area contributed by atoms with Gasteiger partial charge in [0.25, 0.3) is 83.6 Å². The fourth-order valence-electron chi connectivity index (χ4n) is 7.36. The average Bonchev–Trinajstić information content (AvgIpc) is 2.99. The van der Waals surface area contributed by atoms with E-state index in [1.165, 1.54) is 13.7 Å². The normalized spacial score (nSPS) is 38.8. The van der Waals surface area contributed by atoms with Gasteiger partial charge >= 0.3 is 42.8 Å². The SMILES string of the molecule is C[SiH]1O[SiH](C)O[Si](C)(CCCn2c(=O)n(CCC[Si]3(C)O[SiH](C)O[SiH](C)O[SiH](C)O3)c(=O)n(CCC[Si]3(C)O[SiH](C)O[SiH](C)O[SiH](C)O3)c2=O)O[SiH](C)O1. The molecule has 6 atom stereocenters. The van der Waals surface area contributed by atoms with Gasteiger partial charge < -0.3 is 49.4 Å². The Kier molecular flexibility index (Phi) is 18.1. The van der Waals surface area contributed by atoms with Crippen LogP contribution in [0.25, 0.3) is 0 Å². The lowest BCUT2D eigenvalue weighted by atomic mass is 10.4. The highest BCUT2D eigenvalue weighted by Gasteiger charge is 2.42. The zero-order chi connectivity index (χ0) is 40.0. The number of aromatic nitrogens is 3. The van der Waals surface area contributed by atoms with Crippen LogP contribution < -0.4 is 17.1 Å². The molecule has 0 spiro atoms. The van der Waals surface area contributed by atoms with E-state index in [2.05, 4.69) is 0 Å². The van der Waals surface area contributed by atoms with E-state index in [0.717, 1.165) is 0 Å². The predicted octanol–water partition coefficient (Wildman–Crippen LogP) is -0.549. The molecule has 0 saturated carbocycles. The van der Waals surface area contributed by atoms with Gasteiger partial charge in [0.2, 0.25) is 0 Å². The van der Waals surface area contributed by atoms with E-state index in [1.807, 2.05) is 78.6 Å². The lowest BCUT2D eigenvalue weighted by Gasteiger charge is -2.37. The molecule has 0 radical (unpaired) electrons. The van der Waals surface area contributed by atoms with Crippen LogP contribution in [0, 0.1) is 0 Å². The zero-order valence-corrected chi connectivity index (χ0v) is 47.4. The summed E-state index contributed by atoms with van der Waals surface area (Å²) in [5, 5.41) is 0. The van der Waals surface area contributed by atoms with Gasteiger partial charge in [-0.05, 0) is 116 Å². The molecule has 0 aliphatic carbocycles. The summed E-state index contributed by atoms with van der Waals surface area (Å²) in [4.78, 5) is 42.1. The first-order valence-corrected chi connectivity index (χ1v) is 45.6. The highest BCUT2D eigenvalue weighted by molar-refractivity contribution is 6.82. The third-order valence-electron chi connectivity index (χ3n) is 9.21. The van der Waals surface area contributed by atoms with Crippen LogP contribution >= 0.6 is 0 Å². The van der Waals surface area contributed by atoms with Crippen LogP contribution in [-0.2, 0) is 69.0 Å². The first kappa shape index (κ1) is 47.2. The van der Waals surface area contributed by atoms with Gasteiger partial charge in [-0.25, -0.2) is 28.1 Å². The van der Waals surface area contributed by atoms with Gasteiger partial charge in [0.05, 0.1) is 0 Å². The Morgan fingerprint density at radius 3 is 0.741 bits per heavy atom. The monoisotopic (exact) mass is 969 g/mol. The van der Waals surface area contributed by atoms with Crippen LogP contribution in [-0.4, -0.2) is 123 Å². The van der Waals surface area contributed by atoms with Gasteiger partial charge in [-0.1, -0.05) is 0 Å². The highest BCUT2D eigenvalue weighted by atomic mass is 28.5. The van der Waals surface area contributed by atoms with E-state index >= 15 is 0 Å². The lowest BCUT2D eigenvalue weighted by Crippen LogP contribution is -2.56. The Morgan fingerprint density at radius 2 is 0.556 bits per heavy atom. The Balaban J connectivity index is 1.57. The number of hydrogen-bond donors (Lipinski definition) is 0. The third kappa shape index (κ3) is 14.1. The van der Waals surface area contributed by atoms with Crippen LogP contribution in [0.2, 0.25) is 96.7 Å². The second-order valence-electron chi connectivity index (χ2n) is 14.6. The summed E-state index contributed by atoms with van der Waals surface area (Å²) in [5.41, 5.74) is -1.89. The Bertz CT molecular complexity index is 1310. The fraction of sp³-hybridized carbons (Fsp3) is 0.875. The number of hydrogen-bond acceptors (Lipinski definition) is 15. The molecule has 0 amide bonds. The molecule has 1 aromatic heterocycles. The van der Waals surface area contributed by atoms with Crippen molar-refractivity contribution in [3.8, 4) is 0 Å². The van der Waals surface area contributed by atoms with E-state index in [9.17, 15) is 14.4 Å².